The van der Waals surface area contributed by atoms with Crippen molar-refractivity contribution in [3.8, 4) is 0 Å². The molecule has 0 fully saturated rings. The van der Waals surface area contributed by atoms with Crippen molar-refractivity contribution < 1.29 is 4.79 Å². The van der Waals surface area contributed by atoms with Crippen molar-refractivity contribution in [2.45, 2.75) is 71.9 Å². The summed E-state index contributed by atoms with van der Waals surface area (Å²) in [4.78, 5) is 31.5. The van der Waals surface area contributed by atoms with Crippen molar-refractivity contribution in [2.24, 2.45) is 0 Å². The smallest absolute Gasteiger partial charge is 0.262 e. The van der Waals surface area contributed by atoms with Crippen LogP contribution in [0.1, 0.15) is 67.0 Å². The van der Waals surface area contributed by atoms with Gasteiger partial charge in [-0.25, -0.2) is 4.98 Å². The number of carbonyl (C=O) groups excluding carboxylic acids is 1. The van der Waals surface area contributed by atoms with E-state index in [9.17, 15) is 9.59 Å². The first kappa shape index (κ1) is 17.1. The van der Waals surface area contributed by atoms with Crippen LogP contribution in [-0.2, 0) is 13.0 Å². The molecule has 5 nitrogen and oxygen atoms in total. The minimum Gasteiger partial charge on any atom is -0.349 e. The molecule has 3 heterocycles. The van der Waals surface area contributed by atoms with E-state index in [2.05, 4.69) is 12.2 Å². The van der Waals surface area contributed by atoms with Crippen LogP contribution >= 0.6 is 11.3 Å². The number of nitrogens with zero attached hydrogens (tertiary/aromatic N) is 2. The van der Waals surface area contributed by atoms with Crippen LogP contribution in [0.2, 0.25) is 0 Å². The second-order valence-electron chi connectivity index (χ2n) is 6.70. The van der Waals surface area contributed by atoms with Gasteiger partial charge in [0.1, 0.15) is 10.7 Å². The Morgan fingerprint density at radius 1 is 1.38 bits per heavy atom. The van der Waals surface area contributed by atoms with Crippen LogP contribution in [0.15, 0.2) is 4.79 Å². The third-order valence-corrected chi connectivity index (χ3v) is 5.90. The molecule has 1 amide bonds. The Morgan fingerprint density at radius 2 is 2.17 bits per heavy atom. The maximum absolute atomic E-state index is 12.9. The molecule has 130 valence electrons. The number of hydrogen-bond acceptors (Lipinski definition) is 4. The molecular formula is C18H25N3O2S. The minimum atomic E-state index is -0.0870. The van der Waals surface area contributed by atoms with Crippen LogP contribution in [0, 0.1) is 6.92 Å². The maximum atomic E-state index is 12.9. The number of aromatic nitrogens is 2. The van der Waals surface area contributed by atoms with Crippen molar-refractivity contribution in [3.05, 3.63) is 26.6 Å². The highest BCUT2D eigenvalue weighted by Crippen LogP contribution is 2.28. The van der Waals surface area contributed by atoms with Crippen LogP contribution in [0.5, 0.6) is 0 Å². The Balaban J connectivity index is 2.03. The Hall–Kier alpha value is -1.69. The third-order valence-electron chi connectivity index (χ3n) is 4.72. The third kappa shape index (κ3) is 3.11. The zero-order chi connectivity index (χ0) is 17.3. The molecule has 1 aliphatic rings. The Kier molecular flexibility index (Phi) is 5.04. The lowest BCUT2D eigenvalue weighted by Crippen LogP contribution is -2.32. The summed E-state index contributed by atoms with van der Waals surface area (Å²) in [5.41, 5.74) is 0.791. The molecule has 1 aliphatic heterocycles. The molecule has 2 aromatic rings. The van der Waals surface area contributed by atoms with Gasteiger partial charge < -0.3 is 5.32 Å². The van der Waals surface area contributed by atoms with Crippen molar-refractivity contribution in [1.82, 2.24) is 14.9 Å². The molecule has 24 heavy (non-hydrogen) atoms. The van der Waals surface area contributed by atoms with Gasteiger partial charge in [0.25, 0.3) is 11.5 Å². The fourth-order valence-corrected chi connectivity index (χ4v) is 4.51. The van der Waals surface area contributed by atoms with Crippen LogP contribution in [0.3, 0.4) is 0 Å². The number of thiophene rings is 1. The first-order valence-corrected chi connectivity index (χ1v) is 9.68. The van der Waals surface area contributed by atoms with E-state index in [0.29, 0.717) is 15.1 Å². The first-order valence-electron chi connectivity index (χ1n) is 8.86. The van der Waals surface area contributed by atoms with Crippen LogP contribution in [0.4, 0.5) is 0 Å². The molecular weight excluding hydrogens is 322 g/mol. The van der Waals surface area contributed by atoms with Crippen molar-refractivity contribution >= 4 is 27.5 Å². The molecule has 0 radical (unpaired) electrons. The van der Waals surface area contributed by atoms with Gasteiger partial charge in [-0.05, 0) is 38.7 Å². The van der Waals surface area contributed by atoms with Crippen LogP contribution < -0.4 is 10.9 Å². The summed E-state index contributed by atoms with van der Waals surface area (Å²) in [6.45, 7) is 6.72. The van der Waals surface area contributed by atoms with Crippen LogP contribution in [-0.4, -0.2) is 21.5 Å². The summed E-state index contributed by atoms with van der Waals surface area (Å²) in [5.74, 6) is 0.786. The number of nitrogens with one attached hydrogen (secondary N) is 1. The molecule has 0 aromatic carbocycles. The molecule has 0 saturated heterocycles. The summed E-state index contributed by atoms with van der Waals surface area (Å²) in [6, 6.07) is 0.137. The largest absolute Gasteiger partial charge is 0.349 e. The van der Waals surface area contributed by atoms with E-state index in [1.807, 2.05) is 18.4 Å². The van der Waals surface area contributed by atoms with Gasteiger partial charge in [0.05, 0.1) is 10.3 Å². The van der Waals surface area contributed by atoms with E-state index < -0.39 is 0 Å². The molecule has 0 saturated carbocycles. The highest BCUT2D eigenvalue weighted by Gasteiger charge is 2.22. The van der Waals surface area contributed by atoms with E-state index in [1.165, 1.54) is 11.3 Å². The molecule has 0 spiro atoms. The Labute approximate surface area is 146 Å². The number of fused-ring (bicyclic) bond motifs is 2. The van der Waals surface area contributed by atoms with E-state index in [0.717, 1.165) is 56.5 Å². The van der Waals surface area contributed by atoms with Gasteiger partial charge in [-0.2, -0.15) is 0 Å². The topological polar surface area (TPSA) is 64.0 Å². The number of amides is 1. The highest BCUT2D eigenvalue weighted by atomic mass is 32.1. The normalized spacial score (nSPS) is 15.8. The lowest BCUT2D eigenvalue weighted by atomic mass is 10.1. The molecule has 0 unspecified atom stereocenters. The second-order valence-corrected chi connectivity index (χ2v) is 7.69. The summed E-state index contributed by atoms with van der Waals surface area (Å²) in [7, 11) is 0. The van der Waals surface area contributed by atoms with Gasteiger partial charge in [0, 0.05) is 19.0 Å². The summed E-state index contributed by atoms with van der Waals surface area (Å²) < 4.78 is 1.82. The number of rotatable bonds is 4. The molecule has 3 rings (SSSR count). The average molecular weight is 347 g/mol. The van der Waals surface area contributed by atoms with Crippen molar-refractivity contribution in [3.63, 3.8) is 0 Å². The SMILES string of the molecule is CCC[C@H](C)NC(=O)c1sc2nc3n(c(=O)c2c1C)CCCCC3. The van der Waals surface area contributed by atoms with E-state index >= 15 is 0 Å². The number of carbonyl (C=O) groups is 1. The Morgan fingerprint density at radius 3 is 2.92 bits per heavy atom. The van der Waals surface area contributed by atoms with Crippen LogP contribution in [0.25, 0.3) is 10.2 Å². The minimum absolute atomic E-state index is 0.0197. The van der Waals surface area contributed by atoms with Gasteiger partial charge >= 0.3 is 0 Å². The van der Waals surface area contributed by atoms with Crippen molar-refractivity contribution in [1.29, 1.82) is 0 Å². The number of aryl methyl sites for hydroxylation is 2. The molecule has 6 heteroatoms. The molecule has 2 aromatic heterocycles. The first-order chi connectivity index (χ1) is 11.5. The van der Waals surface area contributed by atoms with Gasteiger partial charge in [-0.1, -0.05) is 19.8 Å². The lowest BCUT2D eigenvalue weighted by Gasteiger charge is -2.12. The predicted octanol–water partition coefficient (Wildman–Crippen LogP) is 3.41. The van der Waals surface area contributed by atoms with Gasteiger partial charge in [0.2, 0.25) is 0 Å². The summed E-state index contributed by atoms with van der Waals surface area (Å²) in [6.07, 6.45) is 6.05. The lowest BCUT2D eigenvalue weighted by molar-refractivity contribution is 0.0942. The fraction of sp³-hybridized carbons (Fsp3) is 0.611. The summed E-state index contributed by atoms with van der Waals surface area (Å²) >= 11 is 1.35. The van der Waals surface area contributed by atoms with E-state index in [-0.39, 0.29) is 17.5 Å². The molecule has 0 bridgehead atoms. The highest BCUT2D eigenvalue weighted by molar-refractivity contribution is 7.20. The predicted molar refractivity (Wildman–Crippen MR) is 98.0 cm³/mol. The quantitative estimate of drug-likeness (QED) is 0.922. The standard InChI is InChI=1S/C18H25N3O2S/c1-4-8-11(2)19-16(22)15-12(3)14-17(24-15)20-13-9-6-5-7-10-21(13)18(14)23/h11H,4-10H2,1-3H3,(H,19,22)/t11-/m0/s1. The van der Waals surface area contributed by atoms with Gasteiger partial charge in [-0.15, -0.1) is 11.3 Å². The van der Waals surface area contributed by atoms with Gasteiger partial charge in [0.15, 0.2) is 0 Å². The van der Waals surface area contributed by atoms with E-state index in [1.54, 1.807) is 0 Å². The maximum Gasteiger partial charge on any atom is 0.262 e. The van der Waals surface area contributed by atoms with Crippen molar-refractivity contribution in [2.75, 3.05) is 0 Å². The zero-order valence-corrected chi connectivity index (χ0v) is 15.5. The van der Waals surface area contributed by atoms with E-state index in [4.69, 9.17) is 4.98 Å². The fourth-order valence-electron chi connectivity index (χ4n) is 3.42. The Bertz CT molecular complexity index is 822. The monoisotopic (exact) mass is 347 g/mol. The zero-order valence-electron chi connectivity index (χ0n) is 14.6. The number of hydrogen-bond donors (Lipinski definition) is 1. The second kappa shape index (κ2) is 7.05. The summed E-state index contributed by atoms with van der Waals surface area (Å²) in [5, 5.41) is 3.66. The molecule has 1 N–H and O–H groups in total. The average Bonchev–Trinajstić information content (AvgIpc) is 2.71. The molecule has 1 atom stereocenters. The van der Waals surface area contributed by atoms with Gasteiger partial charge in [-0.3, -0.25) is 14.2 Å². The molecule has 0 aliphatic carbocycles.